The topological polar surface area (TPSA) is 53.0 Å². The molecule has 1 N–H and O–H groups in total. The Labute approximate surface area is 151 Å². The van der Waals surface area contributed by atoms with Crippen LogP contribution in [0.25, 0.3) is 0 Å². The quantitative estimate of drug-likeness (QED) is 0.836. The molecule has 1 fully saturated rings. The van der Waals surface area contributed by atoms with E-state index in [0.717, 1.165) is 29.0 Å². The molecule has 2 heterocycles. The summed E-state index contributed by atoms with van der Waals surface area (Å²) in [6.07, 6.45) is -0.0543. The maximum Gasteiger partial charge on any atom is 0.407 e. The summed E-state index contributed by atoms with van der Waals surface area (Å²) in [7, 11) is 0. The van der Waals surface area contributed by atoms with Crippen LogP contribution in [0, 0.1) is 0 Å². The normalized spacial score (nSPS) is 20.2. The molecule has 2 aliphatic heterocycles. The molecule has 5 nitrogen and oxygen atoms in total. The fraction of sp³-hybridized carbons (Fsp3) is 0.316. The molecule has 1 saturated heterocycles. The molecule has 25 heavy (non-hydrogen) atoms. The third-order valence-electron chi connectivity index (χ3n) is 4.96. The van der Waals surface area contributed by atoms with Gasteiger partial charge < -0.3 is 14.7 Å². The standard InChI is InChI=1S/C19H19ClN2O3/c20-14-5-6-17-13(11-14)12-16(15-3-1-2-4-18(15)25-17)21-7-9-22(10-8-21)19(23)24/h1-6,11,16H,7-10,12H2,(H,23,24). The maximum atomic E-state index is 11.2. The molecule has 0 radical (unpaired) electrons. The van der Waals surface area contributed by atoms with E-state index < -0.39 is 6.09 Å². The van der Waals surface area contributed by atoms with Gasteiger partial charge in [0.2, 0.25) is 0 Å². The van der Waals surface area contributed by atoms with Gasteiger partial charge in [-0.3, -0.25) is 4.90 Å². The Hall–Kier alpha value is -2.24. The number of amides is 1. The van der Waals surface area contributed by atoms with Crippen LogP contribution in [0.4, 0.5) is 4.79 Å². The van der Waals surface area contributed by atoms with Crippen molar-refractivity contribution in [3.63, 3.8) is 0 Å². The van der Waals surface area contributed by atoms with Gasteiger partial charge in [0.1, 0.15) is 11.5 Å². The molecule has 1 unspecified atom stereocenters. The van der Waals surface area contributed by atoms with Crippen LogP contribution in [0.3, 0.4) is 0 Å². The Balaban J connectivity index is 1.67. The number of halogens is 1. The second-order valence-electron chi connectivity index (χ2n) is 6.42. The molecule has 0 aliphatic carbocycles. The number of hydrogen-bond acceptors (Lipinski definition) is 3. The molecular formula is C19H19ClN2O3. The highest BCUT2D eigenvalue weighted by Gasteiger charge is 2.31. The number of carbonyl (C=O) groups is 1. The lowest BCUT2D eigenvalue weighted by Crippen LogP contribution is -2.49. The largest absolute Gasteiger partial charge is 0.465 e. The number of fused-ring (bicyclic) bond motifs is 2. The predicted octanol–water partition coefficient (Wildman–Crippen LogP) is 4.03. The van der Waals surface area contributed by atoms with E-state index in [1.165, 1.54) is 4.90 Å². The minimum absolute atomic E-state index is 0.145. The summed E-state index contributed by atoms with van der Waals surface area (Å²) in [5.74, 6) is 1.69. The molecule has 2 aliphatic rings. The molecule has 2 aromatic rings. The second kappa shape index (κ2) is 6.58. The lowest BCUT2D eigenvalue weighted by molar-refractivity contribution is 0.0846. The van der Waals surface area contributed by atoms with E-state index in [2.05, 4.69) is 11.0 Å². The van der Waals surface area contributed by atoms with Crippen molar-refractivity contribution in [1.29, 1.82) is 0 Å². The SMILES string of the molecule is O=C(O)N1CCN(C2Cc3cc(Cl)ccc3Oc3ccccc32)CC1. The molecule has 2 aromatic carbocycles. The van der Waals surface area contributed by atoms with E-state index in [1.807, 2.05) is 36.4 Å². The number of piperazine rings is 1. The van der Waals surface area contributed by atoms with Crippen molar-refractivity contribution in [1.82, 2.24) is 9.80 Å². The van der Waals surface area contributed by atoms with E-state index in [9.17, 15) is 9.90 Å². The first kappa shape index (κ1) is 16.2. The molecule has 0 saturated carbocycles. The zero-order chi connectivity index (χ0) is 17.4. The molecule has 130 valence electrons. The van der Waals surface area contributed by atoms with E-state index in [4.69, 9.17) is 16.3 Å². The number of ether oxygens (including phenoxy) is 1. The number of benzene rings is 2. The van der Waals surface area contributed by atoms with Gasteiger partial charge in [0, 0.05) is 42.8 Å². The molecule has 0 spiro atoms. The summed E-state index contributed by atoms with van der Waals surface area (Å²) in [6, 6.07) is 13.9. The third kappa shape index (κ3) is 3.17. The van der Waals surface area contributed by atoms with Crippen molar-refractivity contribution in [2.75, 3.05) is 26.2 Å². The Morgan fingerprint density at radius 1 is 1.08 bits per heavy atom. The molecule has 4 rings (SSSR count). The lowest BCUT2D eigenvalue weighted by atomic mass is 9.96. The summed E-state index contributed by atoms with van der Waals surface area (Å²) in [5.41, 5.74) is 2.22. The van der Waals surface area contributed by atoms with Gasteiger partial charge in [-0.1, -0.05) is 29.8 Å². The van der Waals surface area contributed by atoms with E-state index in [1.54, 1.807) is 0 Å². The third-order valence-corrected chi connectivity index (χ3v) is 5.19. The van der Waals surface area contributed by atoms with Crippen molar-refractivity contribution in [2.24, 2.45) is 0 Å². The van der Waals surface area contributed by atoms with Crippen LogP contribution in [0.1, 0.15) is 17.2 Å². The van der Waals surface area contributed by atoms with E-state index in [0.29, 0.717) is 31.2 Å². The molecular weight excluding hydrogens is 340 g/mol. The monoisotopic (exact) mass is 358 g/mol. The van der Waals surface area contributed by atoms with Gasteiger partial charge in [0.05, 0.1) is 0 Å². The lowest BCUT2D eigenvalue weighted by Gasteiger charge is -2.38. The molecule has 1 amide bonds. The Bertz CT molecular complexity index is 803. The van der Waals surface area contributed by atoms with Crippen molar-refractivity contribution in [3.05, 3.63) is 58.6 Å². The van der Waals surface area contributed by atoms with Crippen molar-refractivity contribution < 1.29 is 14.6 Å². The number of carboxylic acid groups (broad SMARTS) is 1. The summed E-state index contributed by atoms with van der Waals surface area (Å²) < 4.78 is 6.15. The van der Waals surface area contributed by atoms with Gasteiger partial charge in [-0.05, 0) is 36.2 Å². The molecule has 0 aromatic heterocycles. The second-order valence-corrected chi connectivity index (χ2v) is 6.85. The molecule has 6 heteroatoms. The summed E-state index contributed by atoms with van der Waals surface area (Å²) in [6.45, 7) is 2.47. The van der Waals surface area contributed by atoms with Crippen LogP contribution in [-0.2, 0) is 6.42 Å². The summed E-state index contributed by atoms with van der Waals surface area (Å²) in [4.78, 5) is 15.0. The molecule has 1 atom stereocenters. The minimum atomic E-state index is -0.846. The van der Waals surface area contributed by atoms with Gasteiger partial charge in [-0.15, -0.1) is 0 Å². The highest BCUT2D eigenvalue weighted by atomic mass is 35.5. The number of nitrogens with zero attached hydrogens (tertiary/aromatic N) is 2. The minimum Gasteiger partial charge on any atom is -0.465 e. The zero-order valence-electron chi connectivity index (χ0n) is 13.7. The van der Waals surface area contributed by atoms with Crippen LogP contribution in [0.15, 0.2) is 42.5 Å². The fourth-order valence-electron chi connectivity index (χ4n) is 3.64. The zero-order valence-corrected chi connectivity index (χ0v) is 14.4. The van der Waals surface area contributed by atoms with E-state index in [-0.39, 0.29) is 6.04 Å². The Kier molecular flexibility index (Phi) is 4.27. The van der Waals surface area contributed by atoms with Gasteiger partial charge in [-0.2, -0.15) is 0 Å². The highest BCUT2D eigenvalue weighted by Crippen LogP contribution is 2.41. The van der Waals surface area contributed by atoms with Crippen LogP contribution < -0.4 is 4.74 Å². The summed E-state index contributed by atoms with van der Waals surface area (Å²) in [5, 5.41) is 9.87. The number of para-hydroxylation sites is 1. The van der Waals surface area contributed by atoms with E-state index >= 15 is 0 Å². The first-order valence-corrected chi connectivity index (χ1v) is 8.77. The number of rotatable bonds is 1. The van der Waals surface area contributed by atoms with Crippen LogP contribution >= 0.6 is 11.6 Å². The smallest absolute Gasteiger partial charge is 0.407 e. The molecule has 0 bridgehead atoms. The van der Waals surface area contributed by atoms with Crippen molar-refractivity contribution >= 4 is 17.7 Å². The predicted molar refractivity (Wildman–Crippen MR) is 95.6 cm³/mol. The van der Waals surface area contributed by atoms with Crippen LogP contribution in [0.2, 0.25) is 5.02 Å². The van der Waals surface area contributed by atoms with Crippen molar-refractivity contribution in [2.45, 2.75) is 12.5 Å². The Morgan fingerprint density at radius 2 is 1.84 bits per heavy atom. The van der Waals surface area contributed by atoms with Crippen LogP contribution in [-0.4, -0.2) is 47.2 Å². The van der Waals surface area contributed by atoms with Crippen LogP contribution in [0.5, 0.6) is 11.5 Å². The first-order chi connectivity index (χ1) is 12.1. The van der Waals surface area contributed by atoms with Gasteiger partial charge in [0.25, 0.3) is 0 Å². The van der Waals surface area contributed by atoms with Gasteiger partial charge in [0.15, 0.2) is 0 Å². The Morgan fingerprint density at radius 3 is 2.60 bits per heavy atom. The maximum absolute atomic E-state index is 11.2. The van der Waals surface area contributed by atoms with Crippen molar-refractivity contribution in [3.8, 4) is 11.5 Å². The summed E-state index contributed by atoms with van der Waals surface area (Å²) >= 11 is 6.19. The fourth-order valence-corrected chi connectivity index (χ4v) is 3.84. The highest BCUT2D eigenvalue weighted by molar-refractivity contribution is 6.30. The van der Waals surface area contributed by atoms with Gasteiger partial charge >= 0.3 is 6.09 Å². The van der Waals surface area contributed by atoms with Gasteiger partial charge in [-0.25, -0.2) is 4.79 Å². The average Bonchev–Trinajstić information content (AvgIpc) is 2.78. The first-order valence-electron chi connectivity index (χ1n) is 8.39. The number of hydrogen-bond donors (Lipinski definition) is 1. The average molecular weight is 359 g/mol.